The second-order valence-corrected chi connectivity index (χ2v) is 5.04. The number of hydroxylamine groups is 1. The van der Waals surface area contributed by atoms with Crippen LogP contribution in [0.25, 0.3) is 0 Å². The van der Waals surface area contributed by atoms with Gasteiger partial charge in [0.2, 0.25) is 0 Å². The highest BCUT2D eigenvalue weighted by molar-refractivity contribution is 5.60. The van der Waals surface area contributed by atoms with Gasteiger partial charge < -0.3 is 4.74 Å². The van der Waals surface area contributed by atoms with Crippen molar-refractivity contribution in [3.05, 3.63) is 58.9 Å². The number of benzene rings is 1. The van der Waals surface area contributed by atoms with Crippen LogP contribution in [0.2, 0.25) is 0 Å². The Morgan fingerprint density at radius 1 is 1.19 bits per heavy atom. The number of nitriles is 2. The molecule has 10 heteroatoms. The molecule has 0 bridgehead atoms. The Morgan fingerprint density at radius 2 is 2.00 bits per heavy atom. The number of aliphatic imine (C=N–C) groups is 1. The maximum absolute atomic E-state index is 12.6. The monoisotopic (exact) mass is 359 g/mol. The van der Waals surface area contributed by atoms with Crippen molar-refractivity contribution in [1.82, 2.24) is 10.5 Å². The van der Waals surface area contributed by atoms with E-state index in [1.54, 1.807) is 6.07 Å². The van der Waals surface area contributed by atoms with Crippen molar-refractivity contribution >= 4 is 6.34 Å². The molecule has 1 aliphatic rings. The molecule has 26 heavy (non-hydrogen) atoms. The number of rotatable bonds is 3. The van der Waals surface area contributed by atoms with Crippen molar-refractivity contribution in [1.29, 1.82) is 10.5 Å². The number of aromatic nitrogens is 1. The Balaban J connectivity index is 2.21. The summed E-state index contributed by atoms with van der Waals surface area (Å²) in [5.41, 5.74) is 0.715. The van der Waals surface area contributed by atoms with Gasteiger partial charge in [-0.25, -0.2) is 9.83 Å². The molecule has 0 radical (unpaired) electrons. The summed E-state index contributed by atoms with van der Waals surface area (Å²) in [7, 11) is 0. The number of hydrogen-bond acceptors (Lipinski definition) is 7. The van der Waals surface area contributed by atoms with Crippen LogP contribution in [0.3, 0.4) is 0 Å². The molecular weight excluding hydrogens is 351 g/mol. The maximum Gasteiger partial charge on any atom is 0.573 e. The van der Waals surface area contributed by atoms with Crippen molar-refractivity contribution in [2.45, 2.75) is 12.1 Å². The first kappa shape index (κ1) is 17.2. The highest BCUT2D eigenvalue weighted by Crippen LogP contribution is 2.39. The van der Waals surface area contributed by atoms with Crippen LogP contribution in [0.4, 0.5) is 13.2 Å². The lowest BCUT2D eigenvalue weighted by molar-refractivity contribution is -0.274. The zero-order chi connectivity index (χ0) is 18.8. The predicted octanol–water partition coefficient (Wildman–Crippen LogP) is 2.49. The van der Waals surface area contributed by atoms with Crippen molar-refractivity contribution in [3.63, 3.8) is 0 Å². The molecule has 3 rings (SSSR count). The second-order valence-electron chi connectivity index (χ2n) is 5.04. The average molecular weight is 359 g/mol. The normalized spacial score (nSPS) is 18.7. The van der Waals surface area contributed by atoms with E-state index >= 15 is 0 Å². The number of halogens is 3. The highest BCUT2D eigenvalue weighted by atomic mass is 19.4. The lowest BCUT2D eigenvalue weighted by Crippen LogP contribution is -2.31. The number of ether oxygens (including phenoxy) is 1. The van der Waals surface area contributed by atoms with Crippen LogP contribution in [0, 0.1) is 22.7 Å². The van der Waals surface area contributed by atoms with Crippen LogP contribution in [0.15, 0.2) is 41.5 Å². The Hall–Kier alpha value is -3.63. The molecule has 1 aromatic carbocycles. The summed E-state index contributed by atoms with van der Waals surface area (Å²) in [6.45, 7) is 0. The second kappa shape index (κ2) is 6.35. The molecule has 2 aromatic rings. The van der Waals surface area contributed by atoms with Crippen LogP contribution in [0.5, 0.6) is 5.75 Å². The van der Waals surface area contributed by atoms with Gasteiger partial charge in [-0.05, 0) is 30.3 Å². The lowest BCUT2D eigenvalue weighted by Gasteiger charge is -2.25. The van der Waals surface area contributed by atoms with E-state index in [0.717, 1.165) is 12.1 Å². The van der Waals surface area contributed by atoms with Crippen LogP contribution in [-0.4, -0.2) is 17.7 Å². The number of nitrogens with one attached hydrogen (secondary N) is 1. The highest BCUT2D eigenvalue weighted by Gasteiger charge is 2.43. The van der Waals surface area contributed by atoms with Gasteiger partial charge in [0.25, 0.3) is 5.72 Å². The third kappa shape index (κ3) is 3.14. The lowest BCUT2D eigenvalue weighted by atomic mass is 9.94. The minimum atomic E-state index is -4.95. The van der Waals surface area contributed by atoms with Crippen molar-refractivity contribution in [2.24, 2.45) is 4.99 Å². The molecule has 1 atom stereocenters. The van der Waals surface area contributed by atoms with Crippen molar-refractivity contribution in [2.75, 3.05) is 0 Å². The minimum absolute atomic E-state index is 0.0345. The molecule has 1 aromatic heterocycles. The van der Waals surface area contributed by atoms with E-state index in [1.807, 2.05) is 6.07 Å². The first-order chi connectivity index (χ1) is 12.4. The first-order valence-electron chi connectivity index (χ1n) is 7.02. The fourth-order valence-electron chi connectivity index (χ4n) is 2.45. The molecule has 0 aliphatic carbocycles. The summed E-state index contributed by atoms with van der Waals surface area (Å²) in [5, 5.41) is 18.4. The van der Waals surface area contributed by atoms with Gasteiger partial charge in [0, 0.05) is 11.8 Å². The van der Waals surface area contributed by atoms with Crippen LogP contribution >= 0.6 is 0 Å². The fraction of sp³-hybridized carbons (Fsp3) is 0.125. The standard InChI is InChI=1S/C16H8F3N5O2/c17-16(18,19)25-13-5-10(7-20)4-12(6-13)15(23-9-24-26-15)14-11(8-21)2-1-3-22-14/h1-6,9H,(H,23,24). The fourth-order valence-corrected chi connectivity index (χ4v) is 2.45. The summed E-state index contributed by atoms with van der Waals surface area (Å²) < 4.78 is 41.7. The number of nitrogens with zero attached hydrogens (tertiary/aromatic N) is 4. The zero-order valence-corrected chi connectivity index (χ0v) is 12.8. The number of alkyl halides is 3. The van der Waals surface area contributed by atoms with E-state index < -0.39 is 17.8 Å². The molecule has 7 nitrogen and oxygen atoms in total. The molecule has 0 amide bonds. The molecule has 130 valence electrons. The quantitative estimate of drug-likeness (QED) is 0.903. The van der Waals surface area contributed by atoms with Gasteiger partial charge in [-0.1, -0.05) is 0 Å². The molecule has 2 heterocycles. The molecule has 1 unspecified atom stereocenters. The van der Waals surface area contributed by atoms with Gasteiger partial charge in [0.05, 0.1) is 17.2 Å². The van der Waals surface area contributed by atoms with Crippen LogP contribution in [0.1, 0.15) is 22.4 Å². The molecule has 1 N–H and O–H groups in total. The molecule has 0 saturated heterocycles. The summed E-state index contributed by atoms with van der Waals surface area (Å²) >= 11 is 0. The Morgan fingerprint density at radius 3 is 2.62 bits per heavy atom. The van der Waals surface area contributed by atoms with Crippen molar-refractivity contribution in [3.8, 4) is 17.9 Å². The van der Waals surface area contributed by atoms with E-state index in [4.69, 9.17) is 10.1 Å². The third-order valence-corrected chi connectivity index (χ3v) is 3.42. The van der Waals surface area contributed by atoms with Crippen molar-refractivity contribution < 1.29 is 22.7 Å². The van der Waals surface area contributed by atoms with Gasteiger partial charge in [-0.15, -0.1) is 13.2 Å². The molecule has 0 fully saturated rings. The molecule has 0 spiro atoms. The maximum atomic E-state index is 12.6. The van der Waals surface area contributed by atoms with E-state index in [1.165, 1.54) is 30.7 Å². The Labute approximate surface area is 144 Å². The van der Waals surface area contributed by atoms with E-state index in [0.29, 0.717) is 0 Å². The molecule has 0 saturated carbocycles. The molecule has 1 aliphatic heterocycles. The summed E-state index contributed by atoms with van der Waals surface area (Å²) in [4.78, 5) is 13.6. The summed E-state index contributed by atoms with van der Waals surface area (Å²) in [5.74, 6) is -0.619. The molecular formula is C16H8F3N5O2. The SMILES string of the molecule is N#Cc1cc(OC(F)(F)F)cc(C2(c3ncccc3C#N)N=CNO2)c1. The number of hydrogen-bond donors (Lipinski definition) is 1. The van der Waals surface area contributed by atoms with Gasteiger partial charge >= 0.3 is 6.36 Å². The van der Waals surface area contributed by atoms with Gasteiger partial charge in [0.1, 0.15) is 23.9 Å². The summed E-state index contributed by atoms with van der Waals surface area (Å²) in [6, 6.07) is 9.90. The van der Waals surface area contributed by atoms with Crippen LogP contribution < -0.4 is 10.2 Å². The van der Waals surface area contributed by atoms with Gasteiger partial charge in [-0.2, -0.15) is 10.5 Å². The third-order valence-electron chi connectivity index (χ3n) is 3.42. The Bertz CT molecular complexity index is 962. The minimum Gasteiger partial charge on any atom is -0.406 e. The zero-order valence-electron chi connectivity index (χ0n) is 12.8. The topological polar surface area (TPSA) is 103 Å². The Kier molecular flexibility index (Phi) is 4.20. The largest absolute Gasteiger partial charge is 0.573 e. The predicted molar refractivity (Wildman–Crippen MR) is 80.3 cm³/mol. The average Bonchev–Trinajstić information content (AvgIpc) is 3.10. The number of pyridine rings is 1. The van der Waals surface area contributed by atoms with Crippen LogP contribution in [-0.2, 0) is 10.6 Å². The van der Waals surface area contributed by atoms with E-state index in [2.05, 4.69) is 20.2 Å². The van der Waals surface area contributed by atoms with E-state index in [9.17, 15) is 18.4 Å². The van der Waals surface area contributed by atoms with E-state index in [-0.39, 0.29) is 22.4 Å². The van der Waals surface area contributed by atoms with Gasteiger partial charge in [-0.3, -0.25) is 10.5 Å². The summed E-state index contributed by atoms with van der Waals surface area (Å²) in [6.07, 6.45) is -2.39. The first-order valence-corrected chi connectivity index (χ1v) is 7.02. The smallest absolute Gasteiger partial charge is 0.406 e. The van der Waals surface area contributed by atoms with Gasteiger partial charge in [0.15, 0.2) is 0 Å².